The molecule has 0 aliphatic carbocycles. The van der Waals surface area contributed by atoms with Gasteiger partial charge >= 0.3 is 61.5 Å². The first-order valence-electron chi connectivity index (χ1n) is 14.9. The predicted octanol–water partition coefficient (Wildman–Crippen LogP) is 5.13. The molecule has 60 heavy (non-hydrogen) atoms. The van der Waals surface area contributed by atoms with Crippen molar-refractivity contribution in [1.29, 1.82) is 0 Å². The molecule has 0 bridgehead atoms. The van der Waals surface area contributed by atoms with Gasteiger partial charge in [-0.15, -0.1) is 17.6 Å². The van der Waals surface area contributed by atoms with E-state index >= 15 is 0 Å². The van der Waals surface area contributed by atoms with Gasteiger partial charge < -0.3 is 39.4 Å². The van der Waals surface area contributed by atoms with Crippen molar-refractivity contribution < 1.29 is 156 Å². The number of ether oxygens (including phenoxy) is 10. The van der Waals surface area contributed by atoms with Gasteiger partial charge in [0.05, 0.1) is 13.2 Å². The third kappa shape index (κ3) is 19.3. The first kappa shape index (κ1) is 55.0. The zero-order chi connectivity index (χ0) is 46.9. The van der Waals surface area contributed by atoms with Crippen LogP contribution in [0, 0.1) is 0 Å². The molecule has 1 rings (SSSR count). The van der Waals surface area contributed by atoms with Crippen molar-refractivity contribution >= 4 is 0 Å². The molecule has 0 spiro atoms. The highest BCUT2D eigenvalue weighted by molar-refractivity contribution is 5.33. The third-order valence-corrected chi connectivity index (χ3v) is 5.48. The second-order valence-corrected chi connectivity index (χ2v) is 10.9. The fourth-order valence-corrected chi connectivity index (χ4v) is 3.19. The van der Waals surface area contributed by atoms with Crippen LogP contribution in [-0.4, -0.2) is 147 Å². The van der Waals surface area contributed by atoms with Crippen molar-refractivity contribution in [3.8, 4) is 11.5 Å². The van der Waals surface area contributed by atoms with Crippen molar-refractivity contribution in [2.45, 2.75) is 73.7 Å². The van der Waals surface area contributed by atoms with Gasteiger partial charge in [0.15, 0.2) is 0 Å². The van der Waals surface area contributed by atoms with E-state index in [0.717, 1.165) is 24.3 Å². The lowest BCUT2D eigenvalue weighted by Gasteiger charge is -2.31. The first-order chi connectivity index (χ1) is 26.8. The maximum absolute atomic E-state index is 13.7. The highest BCUT2D eigenvalue weighted by atomic mass is 19.4. The largest absolute Gasteiger partial charge is 0.495 e. The zero-order valence-corrected chi connectivity index (χ0v) is 28.6. The minimum Gasteiger partial charge on any atom is -0.491 e. The Morgan fingerprint density at radius 1 is 0.417 bits per heavy atom. The first-order valence-corrected chi connectivity index (χ1v) is 14.9. The Hall–Kier alpha value is -3.06. The molecule has 0 saturated carbocycles. The predicted molar refractivity (Wildman–Crippen MR) is 141 cm³/mol. The molecule has 1 aromatic rings. The number of benzene rings is 1. The number of alkyl halides is 20. The lowest BCUT2D eigenvalue weighted by atomic mass is 10.3. The molecule has 0 aliphatic heterocycles. The van der Waals surface area contributed by atoms with Crippen LogP contribution in [0.25, 0.3) is 0 Å². The summed E-state index contributed by atoms with van der Waals surface area (Å²) in [6.45, 7) is -14.3. The van der Waals surface area contributed by atoms with Crippen LogP contribution < -0.4 is 9.47 Å². The van der Waals surface area contributed by atoms with E-state index in [1.807, 2.05) is 0 Å². The van der Waals surface area contributed by atoms with Crippen LogP contribution >= 0.6 is 0 Å². The van der Waals surface area contributed by atoms with E-state index in [-0.39, 0.29) is 11.5 Å². The van der Waals surface area contributed by atoms with Gasteiger partial charge in [-0.2, -0.15) is 70.2 Å². The molecule has 354 valence electrons. The van der Waals surface area contributed by atoms with Crippen LogP contribution in [-0.2, 0) is 37.9 Å². The van der Waals surface area contributed by atoms with Crippen molar-refractivity contribution in [3.05, 3.63) is 24.3 Å². The summed E-state index contributed by atoms with van der Waals surface area (Å²) in [6.07, 6.45) is -65.2. The topological polar surface area (TPSA) is 173 Å². The van der Waals surface area contributed by atoms with Crippen molar-refractivity contribution in [3.63, 3.8) is 0 Å². The molecule has 0 aliphatic rings. The summed E-state index contributed by atoms with van der Waals surface area (Å²) in [6, 6.07) is 4.32. The highest BCUT2D eigenvalue weighted by Gasteiger charge is 2.70. The van der Waals surface area contributed by atoms with Gasteiger partial charge in [-0.3, -0.25) is 0 Å². The number of aliphatic hydroxyl groups is 4. The molecule has 1 aromatic carbocycles. The van der Waals surface area contributed by atoms with Crippen molar-refractivity contribution in [1.82, 2.24) is 0 Å². The lowest BCUT2D eigenvalue weighted by molar-refractivity contribution is -0.567. The Labute approximate surface area is 318 Å². The molecule has 0 fully saturated rings. The molecular formula is C26H26F20O14. The van der Waals surface area contributed by atoms with E-state index in [1.165, 1.54) is 0 Å². The van der Waals surface area contributed by atoms with Crippen LogP contribution in [0.5, 0.6) is 11.5 Å². The molecule has 14 nitrogen and oxygen atoms in total. The summed E-state index contributed by atoms with van der Waals surface area (Å²) in [5, 5.41) is 35.8. The summed E-state index contributed by atoms with van der Waals surface area (Å²) < 4.78 is 297. The number of hydrogen-bond acceptors (Lipinski definition) is 14. The summed E-state index contributed by atoms with van der Waals surface area (Å²) >= 11 is 0. The molecule has 2 atom stereocenters. The second kappa shape index (κ2) is 20.4. The van der Waals surface area contributed by atoms with Gasteiger partial charge in [0.25, 0.3) is 0 Å². The number of halogens is 20. The standard InChI is InChI=1S/C26H26F20O14/c27-17(28,9-47)55-21(35,36)23(39,40)60-26(45,46)58-20(33,34)12-52-6-14(50)8-54-16-3-1-2-15(4-16)53-7-13(49)5-51-11-19(31,32)56-22(37,38)24(41,42)59-25(43,44)57-18(29,30)10-48/h1-4,13-14,47-50H,5-12H2. The molecule has 2 unspecified atom stereocenters. The summed E-state index contributed by atoms with van der Waals surface area (Å²) in [5.74, 6) is -0.520. The minimum atomic E-state index is -6.80. The monoisotopic (exact) mass is 942 g/mol. The van der Waals surface area contributed by atoms with Crippen LogP contribution in [0.2, 0.25) is 0 Å². The Balaban J connectivity index is 2.58. The van der Waals surface area contributed by atoms with Crippen molar-refractivity contribution in [2.75, 3.05) is 52.9 Å². The third-order valence-electron chi connectivity index (χ3n) is 5.48. The lowest BCUT2D eigenvalue weighted by Crippen LogP contribution is -2.54. The van der Waals surface area contributed by atoms with Gasteiger partial charge in [-0.25, -0.2) is 28.4 Å². The molecular weight excluding hydrogens is 916 g/mol. The summed E-state index contributed by atoms with van der Waals surface area (Å²) in [5.41, 5.74) is 0. The normalized spacial score (nSPS) is 15.6. The van der Waals surface area contributed by atoms with Crippen LogP contribution in [0.1, 0.15) is 0 Å². The second-order valence-electron chi connectivity index (χ2n) is 10.9. The maximum atomic E-state index is 13.7. The fraction of sp³-hybridized carbons (Fsp3) is 0.769. The quantitative estimate of drug-likeness (QED) is 0.0591. The van der Waals surface area contributed by atoms with Gasteiger partial charge in [-0.05, 0) is 12.1 Å². The van der Waals surface area contributed by atoms with Crippen LogP contribution in [0.4, 0.5) is 87.8 Å². The van der Waals surface area contributed by atoms with Gasteiger partial charge in [0, 0.05) is 6.07 Å². The maximum Gasteiger partial charge on any atom is 0.495 e. The molecule has 4 N–H and O–H groups in total. The average molecular weight is 942 g/mol. The number of hydrogen-bond donors (Lipinski definition) is 4. The molecule has 0 heterocycles. The minimum absolute atomic E-state index is 0.258. The van der Waals surface area contributed by atoms with E-state index < -0.39 is 127 Å². The van der Waals surface area contributed by atoms with E-state index in [0.29, 0.717) is 0 Å². The van der Waals surface area contributed by atoms with E-state index in [9.17, 15) is 98.0 Å². The average Bonchev–Trinajstić information content (AvgIpc) is 3.03. The Morgan fingerprint density at radius 3 is 1.08 bits per heavy atom. The molecule has 0 radical (unpaired) electrons. The number of rotatable bonds is 30. The summed E-state index contributed by atoms with van der Waals surface area (Å²) in [7, 11) is 0. The molecule has 0 amide bonds. The van der Waals surface area contributed by atoms with E-state index in [2.05, 4.69) is 37.9 Å². The fourth-order valence-electron chi connectivity index (χ4n) is 3.19. The SMILES string of the molecule is OCC(F)(F)OC(F)(F)OC(F)(F)C(F)(F)OC(F)(F)COCC(O)COc1cccc(OCC(O)COCC(F)(F)OC(F)(F)OC(F)(F)C(F)(F)OC(F)(F)CO)c1. The van der Waals surface area contributed by atoms with Crippen molar-refractivity contribution in [2.24, 2.45) is 0 Å². The molecule has 0 aromatic heterocycles. The zero-order valence-electron chi connectivity index (χ0n) is 28.6. The van der Waals surface area contributed by atoms with Crippen LogP contribution in [0.3, 0.4) is 0 Å². The van der Waals surface area contributed by atoms with Crippen LogP contribution in [0.15, 0.2) is 24.3 Å². The smallest absolute Gasteiger partial charge is 0.491 e. The number of aliphatic hydroxyl groups excluding tert-OH is 4. The van der Waals surface area contributed by atoms with Gasteiger partial charge in [-0.1, -0.05) is 6.07 Å². The molecule has 34 heteroatoms. The Morgan fingerprint density at radius 2 is 0.717 bits per heavy atom. The van der Waals surface area contributed by atoms with E-state index in [1.54, 1.807) is 0 Å². The Kier molecular flexibility index (Phi) is 18.7. The van der Waals surface area contributed by atoms with Gasteiger partial charge in [0.1, 0.15) is 63.3 Å². The molecule has 0 saturated heterocycles. The summed E-state index contributed by atoms with van der Waals surface area (Å²) in [4.78, 5) is 0. The highest BCUT2D eigenvalue weighted by Crippen LogP contribution is 2.46. The van der Waals surface area contributed by atoms with Gasteiger partial charge in [0.2, 0.25) is 0 Å². The van der Waals surface area contributed by atoms with E-state index in [4.69, 9.17) is 19.7 Å². The Bertz CT molecular complexity index is 1460.